The molecule has 21 heavy (non-hydrogen) atoms. The van der Waals surface area contributed by atoms with Gasteiger partial charge in [-0.2, -0.15) is 0 Å². The van der Waals surface area contributed by atoms with Gasteiger partial charge in [0.05, 0.1) is 0 Å². The molecule has 0 N–H and O–H groups in total. The summed E-state index contributed by atoms with van der Waals surface area (Å²) in [6, 6.07) is 17.8. The van der Waals surface area contributed by atoms with Crippen LogP contribution in [0.15, 0.2) is 53.4 Å². The first-order chi connectivity index (χ1) is 10.3. The Hall–Kier alpha value is -1.73. The third-order valence-corrected chi connectivity index (χ3v) is 5.03. The maximum absolute atomic E-state index is 4.84. The van der Waals surface area contributed by atoms with Crippen molar-refractivity contribution < 1.29 is 0 Å². The highest BCUT2D eigenvalue weighted by molar-refractivity contribution is 7.80. The highest BCUT2D eigenvalue weighted by atomic mass is 32.1. The molecule has 0 atom stereocenters. The third-order valence-electron chi connectivity index (χ3n) is 4.50. The Kier molecular flexibility index (Phi) is 3.04. The van der Waals surface area contributed by atoms with Crippen molar-refractivity contribution in [3.05, 3.63) is 54.1 Å². The Balaban J connectivity index is 2.14. The molecule has 0 nitrogen and oxygen atoms in total. The van der Waals surface area contributed by atoms with Gasteiger partial charge in [-0.15, -0.1) is 12.6 Å². The molecule has 104 valence electrons. The van der Waals surface area contributed by atoms with Crippen molar-refractivity contribution >= 4 is 44.9 Å². The Morgan fingerprint density at radius 1 is 0.857 bits per heavy atom. The standard InChI is InChI=1S/C20H18S/c1-2-3-5-16-12-15-9-8-13-6-4-7-14-10-11-17(20(16)21)19(15)18(13)14/h4,6-12,21H,2-3,5H2,1H3. The quantitative estimate of drug-likeness (QED) is 0.336. The van der Waals surface area contributed by atoms with E-state index in [0.29, 0.717) is 0 Å². The van der Waals surface area contributed by atoms with E-state index in [2.05, 4.69) is 55.5 Å². The van der Waals surface area contributed by atoms with Gasteiger partial charge in [0.15, 0.2) is 0 Å². The van der Waals surface area contributed by atoms with Gasteiger partial charge in [0, 0.05) is 4.90 Å². The first-order valence-corrected chi connectivity index (χ1v) is 8.12. The number of rotatable bonds is 3. The molecule has 0 aliphatic heterocycles. The van der Waals surface area contributed by atoms with Gasteiger partial charge >= 0.3 is 0 Å². The van der Waals surface area contributed by atoms with E-state index in [1.165, 1.54) is 50.7 Å². The van der Waals surface area contributed by atoms with Crippen molar-refractivity contribution in [3.8, 4) is 0 Å². The van der Waals surface area contributed by atoms with Crippen molar-refractivity contribution in [2.75, 3.05) is 0 Å². The lowest BCUT2D eigenvalue weighted by Crippen LogP contribution is -1.91. The van der Waals surface area contributed by atoms with Crippen molar-refractivity contribution in [1.29, 1.82) is 0 Å². The van der Waals surface area contributed by atoms with Gasteiger partial charge in [-0.1, -0.05) is 55.8 Å². The number of unbranched alkanes of at least 4 members (excludes halogenated alkanes) is 1. The molecule has 0 aromatic heterocycles. The number of benzene rings is 4. The maximum Gasteiger partial charge on any atom is 0.0151 e. The fourth-order valence-electron chi connectivity index (χ4n) is 3.41. The van der Waals surface area contributed by atoms with Crippen LogP contribution in [-0.2, 0) is 6.42 Å². The highest BCUT2D eigenvalue weighted by Crippen LogP contribution is 2.38. The summed E-state index contributed by atoms with van der Waals surface area (Å²) in [7, 11) is 0. The van der Waals surface area contributed by atoms with Crippen LogP contribution in [-0.4, -0.2) is 0 Å². The summed E-state index contributed by atoms with van der Waals surface area (Å²) in [5, 5.41) is 8.03. The summed E-state index contributed by atoms with van der Waals surface area (Å²) < 4.78 is 0. The second-order valence-corrected chi connectivity index (χ2v) is 6.29. The minimum absolute atomic E-state index is 1.12. The molecule has 0 heterocycles. The molecule has 4 aromatic carbocycles. The van der Waals surface area contributed by atoms with Gasteiger partial charge in [0.1, 0.15) is 0 Å². The molecule has 1 heteroatoms. The van der Waals surface area contributed by atoms with Crippen molar-refractivity contribution in [1.82, 2.24) is 0 Å². The van der Waals surface area contributed by atoms with E-state index in [9.17, 15) is 0 Å². The lowest BCUT2D eigenvalue weighted by molar-refractivity contribution is 0.788. The van der Waals surface area contributed by atoms with E-state index in [4.69, 9.17) is 12.6 Å². The summed E-state index contributed by atoms with van der Waals surface area (Å²) >= 11 is 4.84. The zero-order valence-corrected chi connectivity index (χ0v) is 13.1. The van der Waals surface area contributed by atoms with Crippen LogP contribution < -0.4 is 0 Å². The van der Waals surface area contributed by atoms with Crippen LogP contribution in [0.4, 0.5) is 0 Å². The molecule has 0 amide bonds. The Bertz CT molecular complexity index is 921. The van der Waals surface area contributed by atoms with Crippen LogP contribution in [0.25, 0.3) is 32.3 Å². The van der Waals surface area contributed by atoms with E-state index >= 15 is 0 Å². The summed E-state index contributed by atoms with van der Waals surface area (Å²) in [4.78, 5) is 1.16. The molecule has 0 saturated carbocycles. The summed E-state index contributed by atoms with van der Waals surface area (Å²) in [6.45, 7) is 2.24. The second kappa shape index (κ2) is 4.92. The topological polar surface area (TPSA) is 0 Å². The fourth-order valence-corrected chi connectivity index (χ4v) is 3.78. The SMILES string of the molecule is CCCCc1cc2ccc3cccc4ccc(c1S)c2c34. The molecule has 0 spiro atoms. The minimum atomic E-state index is 1.12. The molecule has 4 aromatic rings. The van der Waals surface area contributed by atoms with Gasteiger partial charge < -0.3 is 0 Å². The average Bonchev–Trinajstić information content (AvgIpc) is 2.53. The first kappa shape index (κ1) is 13.0. The van der Waals surface area contributed by atoms with Crippen LogP contribution in [0.5, 0.6) is 0 Å². The molecule has 0 aliphatic rings. The van der Waals surface area contributed by atoms with Crippen molar-refractivity contribution in [2.24, 2.45) is 0 Å². The van der Waals surface area contributed by atoms with E-state index in [1.807, 2.05) is 0 Å². The predicted octanol–water partition coefficient (Wildman–Crippen LogP) is 6.22. The minimum Gasteiger partial charge on any atom is -0.143 e. The third kappa shape index (κ3) is 1.91. The lowest BCUT2D eigenvalue weighted by atomic mass is 9.92. The number of hydrogen-bond donors (Lipinski definition) is 1. The zero-order chi connectivity index (χ0) is 14.4. The molecule has 0 unspecified atom stereocenters. The molecular weight excluding hydrogens is 272 g/mol. The number of hydrogen-bond acceptors (Lipinski definition) is 1. The summed E-state index contributed by atoms with van der Waals surface area (Å²) in [5.74, 6) is 0. The van der Waals surface area contributed by atoms with E-state index in [0.717, 1.165) is 11.3 Å². The van der Waals surface area contributed by atoms with Gasteiger partial charge in [-0.25, -0.2) is 0 Å². The Morgan fingerprint density at radius 3 is 2.33 bits per heavy atom. The Labute approximate surface area is 130 Å². The lowest BCUT2D eigenvalue weighted by Gasteiger charge is -2.15. The van der Waals surface area contributed by atoms with Gasteiger partial charge in [-0.05, 0) is 56.8 Å². The number of aryl methyl sites for hydroxylation is 1. The summed E-state index contributed by atoms with van der Waals surface area (Å²) in [5.41, 5.74) is 1.38. The van der Waals surface area contributed by atoms with Gasteiger partial charge in [0.2, 0.25) is 0 Å². The molecule has 0 saturated heterocycles. The van der Waals surface area contributed by atoms with Crippen LogP contribution in [0.3, 0.4) is 0 Å². The average molecular weight is 290 g/mol. The zero-order valence-electron chi connectivity index (χ0n) is 12.2. The Morgan fingerprint density at radius 2 is 1.57 bits per heavy atom. The predicted molar refractivity (Wildman–Crippen MR) is 96.0 cm³/mol. The van der Waals surface area contributed by atoms with E-state index < -0.39 is 0 Å². The molecule has 0 radical (unpaired) electrons. The van der Waals surface area contributed by atoms with E-state index in [1.54, 1.807) is 0 Å². The number of thiol groups is 1. The van der Waals surface area contributed by atoms with Gasteiger partial charge in [-0.3, -0.25) is 0 Å². The monoisotopic (exact) mass is 290 g/mol. The maximum atomic E-state index is 4.84. The second-order valence-electron chi connectivity index (χ2n) is 5.84. The molecular formula is C20H18S. The molecule has 0 fully saturated rings. The smallest absolute Gasteiger partial charge is 0.0151 e. The molecule has 0 bridgehead atoms. The molecule has 0 aliphatic carbocycles. The normalized spacial score (nSPS) is 11.9. The van der Waals surface area contributed by atoms with Crippen LogP contribution >= 0.6 is 12.6 Å². The van der Waals surface area contributed by atoms with Crippen LogP contribution in [0.1, 0.15) is 25.3 Å². The van der Waals surface area contributed by atoms with Gasteiger partial charge in [0.25, 0.3) is 0 Å². The largest absolute Gasteiger partial charge is 0.143 e. The van der Waals surface area contributed by atoms with Crippen molar-refractivity contribution in [3.63, 3.8) is 0 Å². The van der Waals surface area contributed by atoms with Crippen LogP contribution in [0.2, 0.25) is 0 Å². The van der Waals surface area contributed by atoms with Crippen LogP contribution in [0, 0.1) is 0 Å². The summed E-state index contributed by atoms with van der Waals surface area (Å²) in [6.07, 6.45) is 3.56. The molecule has 4 rings (SSSR count). The fraction of sp³-hybridized carbons (Fsp3) is 0.200. The van der Waals surface area contributed by atoms with E-state index in [-0.39, 0.29) is 0 Å². The highest BCUT2D eigenvalue weighted by Gasteiger charge is 2.12. The van der Waals surface area contributed by atoms with Crippen molar-refractivity contribution in [2.45, 2.75) is 31.1 Å². The first-order valence-electron chi connectivity index (χ1n) is 7.68.